The highest BCUT2D eigenvalue weighted by Crippen LogP contribution is 2.56. The minimum atomic E-state index is -0.466. The van der Waals surface area contributed by atoms with Crippen molar-refractivity contribution in [3.05, 3.63) is 241 Å². The van der Waals surface area contributed by atoms with Crippen molar-refractivity contribution >= 4 is 39.0 Å². The topological polar surface area (TPSA) is 29.3 Å². The molecule has 8 aromatic carbocycles. The number of hydrogen-bond acceptors (Lipinski definition) is 3. The minimum absolute atomic E-state index is 0.466. The number of aromatic nitrogens is 1. The molecule has 0 fully saturated rings. The SMILES string of the molecule is c1ccc(-c2ccc(N(c3ccc(C4(c5ccccc5)c5ccccc5-c5ccccc54)cc3)c3cccc(-c4ccc5oc6ccccc6c5c4)c3)cn2)cc1. The number of anilines is 3. The summed E-state index contributed by atoms with van der Waals surface area (Å²) in [7, 11) is 0. The Morgan fingerprint density at radius 3 is 1.72 bits per heavy atom. The molecular formula is C54H36N2O. The van der Waals surface area contributed by atoms with E-state index in [-0.39, 0.29) is 0 Å². The van der Waals surface area contributed by atoms with Gasteiger partial charge in [-0.1, -0.05) is 158 Å². The van der Waals surface area contributed by atoms with Crippen LogP contribution in [-0.4, -0.2) is 4.98 Å². The zero-order chi connectivity index (χ0) is 37.8. The lowest BCUT2D eigenvalue weighted by molar-refractivity contribution is 0.669. The van der Waals surface area contributed by atoms with Crippen molar-refractivity contribution in [2.75, 3.05) is 4.90 Å². The van der Waals surface area contributed by atoms with Gasteiger partial charge in [0.2, 0.25) is 0 Å². The van der Waals surface area contributed by atoms with Crippen LogP contribution in [0, 0.1) is 0 Å². The van der Waals surface area contributed by atoms with Gasteiger partial charge in [0.25, 0.3) is 0 Å². The van der Waals surface area contributed by atoms with Crippen LogP contribution < -0.4 is 4.90 Å². The Kier molecular flexibility index (Phi) is 7.71. The summed E-state index contributed by atoms with van der Waals surface area (Å²) in [5.74, 6) is 0. The first-order valence-electron chi connectivity index (χ1n) is 19.4. The van der Waals surface area contributed by atoms with E-state index in [1.807, 2.05) is 24.4 Å². The quantitative estimate of drug-likeness (QED) is 0.164. The second kappa shape index (κ2) is 13.4. The highest BCUT2D eigenvalue weighted by molar-refractivity contribution is 6.06. The van der Waals surface area contributed by atoms with Gasteiger partial charge in [-0.15, -0.1) is 0 Å². The number of nitrogens with zero attached hydrogens (tertiary/aromatic N) is 2. The number of fused-ring (bicyclic) bond motifs is 6. The Hall–Kier alpha value is -7.49. The number of hydrogen-bond donors (Lipinski definition) is 0. The molecule has 0 saturated heterocycles. The molecule has 0 amide bonds. The van der Waals surface area contributed by atoms with Crippen LogP contribution in [0.1, 0.15) is 22.3 Å². The van der Waals surface area contributed by atoms with Gasteiger partial charge in [-0.3, -0.25) is 4.98 Å². The summed E-state index contributed by atoms with van der Waals surface area (Å²) in [6.45, 7) is 0. The third-order valence-electron chi connectivity index (χ3n) is 11.6. The fraction of sp³-hybridized carbons (Fsp3) is 0.0185. The molecule has 3 nitrogen and oxygen atoms in total. The molecule has 2 aromatic heterocycles. The first kappa shape index (κ1) is 32.9. The Morgan fingerprint density at radius 1 is 0.386 bits per heavy atom. The first-order chi connectivity index (χ1) is 28.3. The summed E-state index contributed by atoms with van der Waals surface area (Å²) < 4.78 is 6.17. The maximum atomic E-state index is 6.17. The summed E-state index contributed by atoms with van der Waals surface area (Å²) in [6.07, 6.45) is 1.99. The maximum Gasteiger partial charge on any atom is 0.135 e. The molecule has 2 heterocycles. The number of para-hydroxylation sites is 1. The van der Waals surface area contributed by atoms with Gasteiger partial charge in [0.1, 0.15) is 11.2 Å². The molecule has 57 heavy (non-hydrogen) atoms. The van der Waals surface area contributed by atoms with Crippen molar-refractivity contribution in [1.29, 1.82) is 0 Å². The van der Waals surface area contributed by atoms with Crippen molar-refractivity contribution in [2.45, 2.75) is 5.41 Å². The van der Waals surface area contributed by atoms with Gasteiger partial charge in [-0.25, -0.2) is 0 Å². The molecule has 1 aliphatic carbocycles. The van der Waals surface area contributed by atoms with E-state index >= 15 is 0 Å². The van der Waals surface area contributed by atoms with Gasteiger partial charge in [-0.05, 0) is 99.1 Å². The summed E-state index contributed by atoms with van der Waals surface area (Å²) in [6, 6.07) is 76.1. The van der Waals surface area contributed by atoms with E-state index in [1.54, 1.807) is 0 Å². The highest BCUT2D eigenvalue weighted by atomic mass is 16.3. The van der Waals surface area contributed by atoms with E-state index in [0.717, 1.165) is 61.4 Å². The van der Waals surface area contributed by atoms with Crippen LogP contribution in [0.25, 0.3) is 55.4 Å². The van der Waals surface area contributed by atoms with Crippen LogP contribution in [-0.2, 0) is 5.41 Å². The Morgan fingerprint density at radius 2 is 0.982 bits per heavy atom. The van der Waals surface area contributed by atoms with Gasteiger partial charge < -0.3 is 9.32 Å². The molecular weight excluding hydrogens is 693 g/mol. The molecule has 3 heteroatoms. The zero-order valence-corrected chi connectivity index (χ0v) is 31.1. The fourth-order valence-corrected chi connectivity index (χ4v) is 9.05. The highest BCUT2D eigenvalue weighted by Gasteiger charge is 2.45. The molecule has 0 atom stereocenters. The minimum Gasteiger partial charge on any atom is -0.456 e. The summed E-state index contributed by atoms with van der Waals surface area (Å²) in [5, 5.41) is 2.24. The third-order valence-corrected chi connectivity index (χ3v) is 11.6. The molecule has 1 aliphatic rings. The molecule has 0 spiro atoms. The maximum absolute atomic E-state index is 6.17. The molecule has 0 bridgehead atoms. The molecule has 268 valence electrons. The number of benzene rings is 8. The number of pyridine rings is 1. The number of rotatable bonds is 7. The van der Waals surface area contributed by atoms with Gasteiger partial charge in [-0.2, -0.15) is 0 Å². The second-order valence-electron chi connectivity index (χ2n) is 14.7. The van der Waals surface area contributed by atoms with E-state index in [9.17, 15) is 0 Å². The van der Waals surface area contributed by atoms with Crippen LogP contribution in [0.2, 0.25) is 0 Å². The predicted octanol–water partition coefficient (Wildman–Crippen LogP) is 14.1. The van der Waals surface area contributed by atoms with E-state index in [1.165, 1.54) is 33.4 Å². The number of furan rings is 1. The van der Waals surface area contributed by atoms with Crippen molar-refractivity contribution in [2.24, 2.45) is 0 Å². The largest absolute Gasteiger partial charge is 0.456 e. The average Bonchev–Trinajstić information content (AvgIpc) is 3.81. The summed E-state index contributed by atoms with van der Waals surface area (Å²) >= 11 is 0. The summed E-state index contributed by atoms with van der Waals surface area (Å²) in [4.78, 5) is 7.30. The molecule has 0 radical (unpaired) electrons. The van der Waals surface area contributed by atoms with Crippen LogP contribution >= 0.6 is 0 Å². The third kappa shape index (κ3) is 5.32. The second-order valence-corrected chi connectivity index (χ2v) is 14.7. The summed E-state index contributed by atoms with van der Waals surface area (Å²) in [5.41, 5.74) is 16.3. The van der Waals surface area contributed by atoms with Crippen LogP contribution in [0.3, 0.4) is 0 Å². The van der Waals surface area contributed by atoms with Gasteiger partial charge in [0.05, 0.1) is 23.0 Å². The smallest absolute Gasteiger partial charge is 0.135 e. The van der Waals surface area contributed by atoms with Crippen molar-refractivity contribution in [3.63, 3.8) is 0 Å². The van der Waals surface area contributed by atoms with Gasteiger partial charge in [0.15, 0.2) is 0 Å². The Balaban J connectivity index is 1.06. The average molecular weight is 729 g/mol. The fourth-order valence-electron chi connectivity index (χ4n) is 9.05. The van der Waals surface area contributed by atoms with Gasteiger partial charge >= 0.3 is 0 Å². The van der Waals surface area contributed by atoms with Crippen molar-refractivity contribution in [1.82, 2.24) is 4.98 Å². The first-order valence-corrected chi connectivity index (χ1v) is 19.4. The van der Waals surface area contributed by atoms with E-state index in [4.69, 9.17) is 9.40 Å². The lowest BCUT2D eigenvalue weighted by Gasteiger charge is -2.34. The van der Waals surface area contributed by atoms with E-state index in [0.29, 0.717) is 0 Å². The molecule has 11 rings (SSSR count). The standard InChI is InChI=1S/C54H36N2O/c1-3-14-37(15-4-1)51-32-31-44(36-55-51)56(43-19-13-16-38(34-43)39-26-33-53-48(35-39)47-22-9-12-25-52(47)57-53)42-29-27-41(28-30-42)54(40-17-5-2-6-18-40)49-23-10-7-20-45(49)46-21-8-11-24-50(46)54/h1-36H. The molecule has 0 saturated carbocycles. The van der Waals surface area contributed by atoms with Crippen molar-refractivity contribution < 1.29 is 4.42 Å². The monoisotopic (exact) mass is 728 g/mol. The molecule has 0 N–H and O–H groups in total. The van der Waals surface area contributed by atoms with E-state index < -0.39 is 5.41 Å². The lowest BCUT2D eigenvalue weighted by Crippen LogP contribution is -2.28. The Bertz CT molecular complexity index is 3010. The van der Waals surface area contributed by atoms with E-state index in [2.05, 4.69) is 199 Å². The van der Waals surface area contributed by atoms with Crippen LogP contribution in [0.4, 0.5) is 17.1 Å². The Labute approximate surface area is 331 Å². The normalized spacial score (nSPS) is 12.7. The van der Waals surface area contributed by atoms with Crippen LogP contribution in [0.5, 0.6) is 0 Å². The zero-order valence-electron chi connectivity index (χ0n) is 31.1. The molecule has 10 aromatic rings. The predicted molar refractivity (Wildman–Crippen MR) is 234 cm³/mol. The van der Waals surface area contributed by atoms with Crippen LogP contribution in [0.15, 0.2) is 223 Å². The van der Waals surface area contributed by atoms with Gasteiger partial charge in [0, 0.05) is 27.7 Å². The lowest BCUT2D eigenvalue weighted by atomic mass is 9.68. The molecule has 0 aliphatic heterocycles. The van der Waals surface area contributed by atoms with Crippen molar-refractivity contribution in [3.8, 4) is 33.5 Å². The molecule has 0 unspecified atom stereocenters.